The van der Waals surface area contributed by atoms with Crippen molar-refractivity contribution in [2.45, 2.75) is 26.3 Å². The molecule has 1 aromatic heterocycles. The van der Waals surface area contributed by atoms with Gasteiger partial charge in [0.1, 0.15) is 11.6 Å². The molecule has 3 rings (SSSR count). The second-order valence-corrected chi connectivity index (χ2v) is 5.98. The van der Waals surface area contributed by atoms with E-state index in [2.05, 4.69) is 19.6 Å². The summed E-state index contributed by atoms with van der Waals surface area (Å²) < 4.78 is 42.3. The smallest absolute Gasteiger partial charge is 0.406 e. The minimum absolute atomic E-state index is 0.272. The molecule has 0 unspecified atom stereocenters. The fourth-order valence-corrected chi connectivity index (χ4v) is 2.83. The van der Waals surface area contributed by atoms with Crippen LogP contribution in [-0.4, -0.2) is 28.4 Å². The van der Waals surface area contributed by atoms with Gasteiger partial charge >= 0.3 is 6.36 Å². The first-order valence-corrected chi connectivity index (χ1v) is 8.39. The molecule has 27 heavy (non-hydrogen) atoms. The van der Waals surface area contributed by atoms with E-state index in [0.29, 0.717) is 19.5 Å². The number of halogens is 3. The maximum Gasteiger partial charge on any atom is 0.573 e. The van der Waals surface area contributed by atoms with Crippen LogP contribution in [0.25, 0.3) is 11.0 Å². The Morgan fingerprint density at radius 2 is 1.85 bits per heavy atom. The van der Waals surface area contributed by atoms with Gasteiger partial charge in [-0.25, -0.2) is 4.98 Å². The van der Waals surface area contributed by atoms with Crippen LogP contribution in [0.5, 0.6) is 5.75 Å². The van der Waals surface area contributed by atoms with Gasteiger partial charge in [-0.05, 0) is 49.7 Å². The van der Waals surface area contributed by atoms with E-state index < -0.39 is 6.36 Å². The van der Waals surface area contributed by atoms with Crippen molar-refractivity contribution in [3.8, 4) is 5.75 Å². The minimum Gasteiger partial charge on any atom is -0.406 e. The van der Waals surface area contributed by atoms with Crippen LogP contribution in [0, 0.1) is 6.92 Å². The monoisotopic (exact) mass is 377 g/mol. The molecule has 0 aliphatic carbocycles. The van der Waals surface area contributed by atoms with Gasteiger partial charge in [0.25, 0.3) is 5.91 Å². The number of aryl methyl sites for hydroxylation is 2. The first-order valence-electron chi connectivity index (χ1n) is 8.39. The lowest BCUT2D eigenvalue weighted by Gasteiger charge is -2.10. The molecule has 0 atom stereocenters. The van der Waals surface area contributed by atoms with Gasteiger partial charge in [-0.15, -0.1) is 13.2 Å². The van der Waals surface area contributed by atoms with Gasteiger partial charge in [0.2, 0.25) is 0 Å². The lowest BCUT2D eigenvalue weighted by atomic mass is 10.2. The van der Waals surface area contributed by atoms with Gasteiger partial charge in [-0.2, -0.15) is 0 Å². The third kappa shape index (κ3) is 4.78. The first kappa shape index (κ1) is 18.8. The highest BCUT2D eigenvalue weighted by molar-refractivity contribution is 5.94. The van der Waals surface area contributed by atoms with Crippen molar-refractivity contribution in [3.05, 3.63) is 59.9 Å². The summed E-state index contributed by atoms with van der Waals surface area (Å²) in [5.41, 5.74) is 2.25. The molecule has 2 aromatic carbocycles. The molecular weight excluding hydrogens is 359 g/mol. The predicted octanol–water partition coefficient (Wildman–Crippen LogP) is 4.06. The number of nitrogens with zero attached hydrogens (tertiary/aromatic N) is 2. The molecule has 0 bridgehead atoms. The van der Waals surface area contributed by atoms with Crippen molar-refractivity contribution in [1.29, 1.82) is 0 Å². The Morgan fingerprint density at radius 1 is 1.15 bits per heavy atom. The fraction of sp³-hybridized carbons (Fsp3) is 0.263. The number of rotatable bonds is 6. The number of amides is 1. The van der Waals surface area contributed by atoms with Gasteiger partial charge in [0.05, 0.1) is 11.0 Å². The van der Waals surface area contributed by atoms with Crippen LogP contribution in [0.3, 0.4) is 0 Å². The molecule has 0 aliphatic rings. The van der Waals surface area contributed by atoms with E-state index in [1.807, 2.05) is 31.2 Å². The number of hydrogen-bond donors (Lipinski definition) is 1. The highest BCUT2D eigenvalue weighted by Gasteiger charge is 2.31. The largest absolute Gasteiger partial charge is 0.573 e. The Morgan fingerprint density at radius 3 is 2.56 bits per heavy atom. The lowest BCUT2D eigenvalue weighted by Crippen LogP contribution is -2.25. The van der Waals surface area contributed by atoms with Crippen LogP contribution in [0.2, 0.25) is 0 Å². The second kappa shape index (κ2) is 7.69. The number of aromatic nitrogens is 2. The lowest BCUT2D eigenvalue weighted by molar-refractivity contribution is -0.274. The van der Waals surface area contributed by atoms with E-state index >= 15 is 0 Å². The van der Waals surface area contributed by atoms with E-state index in [-0.39, 0.29) is 17.2 Å². The zero-order valence-electron chi connectivity index (χ0n) is 14.6. The van der Waals surface area contributed by atoms with Crippen LogP contribution in [-0.2, 0) is 6.54 Å². The molecule has 1 N–H and O–H groups in total. The molecule has 0 spiro atoms. The summed E-state index contributed by atoms with van der Waals surface area (Å²) in [5, 5.41) is 2.76. The van der Waals surface area contributed by atoms with Crippen molar-refractivity contribution >= 4 is 16.9 Å². The molecule has 1 heterocycles. The van der Waals surface area contributed by atoms with E-state index in [4.69, 9.17) is 0 Å². The van der Waals surface area contributed by atoms with Gasteiger partial charge in [-0.3, -0.25) is 4.79 Å². The maximum absolute atomic E-state index is 12.1. The van der Waals surface area contributed by atoms with Crippen LogP contribution in [0.1, 0.15) is 22.6 Å². The van der Waals surface area contributed by atoms with Crippen molar-refractivity contribution < 1.29 is 22.7 Å². The number of ether oxygens (including phenoxy) is 1. The highest BCUT2D eigenvalue weighted by atomic mass is 19.4. The van der Waals surface area contributed by atoms with E-state index in [1.165, 1.54) is 12.1 Å². The summed E-state index contributed by atoms with van der Waals surface area (Å²) in [7, 11) is 0. The average Bonchev–Trinajstić information content (AvgIpc) is 2.93. The van der Waals surface area contributed by atoms with E-state index in [1.54, 1.807) is 0 Å². The van der Waals surface area contributed by atoms with Crippen LogP contribution < -0.4 is 10.1 Å². The fourth-order valence-electron chi connectivity index (χ4n) is 2.83. The van der Waals surface area contributed by atoms with Crippen LogP contribution in [0.4, 0.5) is 13.2 Å². The summed E-state index contributed by atoms with van der Waals surface area (Å²) in [6.45, 7) is 3.07. The predicted molar refractivity (Wildman–Crippen MR) is 94.5 cm³/mol. The summed E-state index contributed by atoms with van der Waals surface area (Å²) in [4.78, 5) is 16.6. The molecular formula is C19H18F3N3O2. The number of alkyl halides is 3. The van der Waals surface area contributed by atoms with Gasteiger partial charge in [-0.1, -0.05) is 12.1 Å². The number of carbonyl (C=O) groups is 1. The molecule has 8 heteroatoms. The maximum atomic E-state index is 12.1. The minimum atomic E-state index is -4.75. The summed E-state index contributed by atoms with van der Waals surface area (Å²) in [5.74, 6) is 0.199. The van der Waals surface area contributed by atoms with Crippen LogP contribution >= 0.6 is 0 Å². The summed E-state index contributed by atoms with van der Waals surface area (Å²) in [6, 6.07) is 12.7. The number of hydrogen-bond acceptors (Lipinski definition) is 3. The standard InChI is InChI=1S/C19H18F3N3O2/c1-13-24-16-5-2-3-6-17(16)25(13)12-4-11-23-18(26)14-7-9-15(10-8-14)27-19(20,21)22/h2-3,5-10H,4,11-12H2,1H3,(H,23,26). The molecule has 5 nitrogen and oxygen atoms in total. The molecule has 0 saturated heterocycles. The Balaban J connectivity index is 1.51. The quantitative estimate of drug-likeness (QED) is 0.659. The SMILES string of the molecule is Cc1nc2ccccc2n1CCCNC(=O)c1ccc(OC(F)(F)F)cc1. The number of nitrogens with one attached hydrogen (secondary N) is 1. The number of benzene rings is 2. The first-order chi connectivity index (χ1) is 12.8. The van der Waals surface area contributed by atoms with Crippen molar-refractivity contribution in [1.82, 2.24) is 14.9 Å². The van der Waals surface area contributed by atoms with Crippen molar-refractivity contribution in [3.63, 3.8) is 0 Å². The molecule has 0 saturated carbocycles. The normalized spacial score (nSPS) is 11.6. The van der Waals surface area contributed by atoms with Gasteiger partial charge < -0.3 is 14.6 Å². The molecule has 0 fully saturated rings. The average molecular weight is 377 g/mol. The number of para-hydroxylation sites is 2. The Labute approximate surface area is 153 Å². The van der Waals surface area contributed by atoms with Crippen molar-refractivity contribution in [2.24, 2.45) is 0 Å². The summed E-state index contributed by atoms with van der Waals surface area (Å²) in [6.07, 6.45) is -4.05. The van der Waals surface area contributed by atoms with E-state index in [0.717, 1.165) is 29.0 Å². The molecule has 3 aromatic rings. The zero-order chi connectivity index (χ0) is 19.4. The van der Waals surface area contributed by atoms with Crippen LogP contribution in [0.15, 0.2) is 48.5 Å². The molecule has 0 radical (unpaired) electrons. The van der Waals surface area contributed by atoms with Crippen molar-refractivity contribution in [2.75, 3.05) is 6.54 Å². The topological polar surface area (TPSA) is 56.2 Å². The Bertz CT molecular complexity index is 934. The third-order valence-corrected chi connectivity index (χ3v) is 4.04. The molecule has 142 valence electrons. The number of fused-ring (bicyclic) bond motifs is 1. The highest BCUT2D eigenvalue weighted by Crippen LogP contribution is 2.22. The molecule has 1 amide bonds. The number of carbonyl (C=O) groups excluding carboxylic acids is 1. The van der Waals surface area contributed by atoms with E-state index in [9.17, 15) is 18.0 Å². The number of imidazole rings is 1. The Hall–Kier alpha value is -3.03. The third-order valence-electron chi connectivity index (χ3n) is 4.04. The second-order valence-electron chi connectivity index (χ2n) is 5.98. The van der Waals surface area contributed by atoms with Gasteiger partial charge in [0.15, 0.2) is 0 Å². The van der Waals surface area contributed by atoms with Gasteiger partial charge in [0, 0.05) is 18.7 Å². The summed E-state index contributed by atoms with van der Waals surface area (Å²) >= 11 is 0. The molecule has 0 aliphatic heterocycles. The Kier molecular flexibility index (Phi) is 5.34. The zero-order valence-corrected chi connectivity index (χ0v) is 14.6.